The van der Waals surface area contributed by atoms with Crippen LogP contribution >= 0.6 is 11.3 Å². The molecule has 0 atom stereocenters. The number of halogens is 1. The van der Waals surface area contributed by atoms with Crippen molar-refractivity contribution in [3.8, 4) is 5.75 Å². The molecule has 90 valence electrons. The van der Waals surface area contributed by atoms with Crippen LogP contribution in [0.3, 0.4) is 0 Å². The molecule has 2 aromatic rings. The van der Waals surface area contributed by atoms with Gasteiger partial charge < -0.3 is 4.74 Å². The Morgan fingerprint density at radius 2 is 2.35 bits per heavy atom. The van der Waals surface area contributed by atoms with E-state index in [1.165, 1.54) is 6.20 Å². The Morgan fingerprint density at radius 1 is 1.47 bits per heavy atom. The summed E-state index contributed by atoms with van der Waals surface area (Å²) < 4.78 is 18.5. The lowest BCUT2D eigenvalue weighted by atomic mass is 10.3. The molecule has 0 unspecified atom stereocenters. The average molecular weight is 252 g/mol. The molecule has 0 spiro atoms. The van der Waals surface area contributed by atoms with Gasteiger partial charge in [-0.3, -0.25) is 0 Å². The molecular weight excluding hydrogens is 239 g/mol. The van der Waals surface area contributed by atoms with Crippen molar-refractivity contribution in [1.82, 2.24) is 9.97 Å². The third-order valence-corrected chi connectivity index (χ3v) is 3.12. The monoisotopic (exact) mass is 252 g/mol. The van der Waals surface area contributed by atoms with Crippen molar-refractivity contribution < 1.29 is 9.13 Å². The second-order valence-electron chi connectivity index (χ2n) is 3.56. The van der Waals surface area contributed by atoms with Crippen molar-refractivity contribution in [3.05, 3.63) is 40.4 Å². The van der Waals surface area contributed by atoms with E-state index in [2.05, 4.69) is 16.9 Å². The summed E-state index contributed by atoms with van der Waals surface area (Å²) in [6.45, 7) is 2.39. The maximum atomic E-state index is 13.2. The number of hydrogen-bond acceptors (Lipinski definition) is 4. The van der Waals surface area contributed by atoms with E-state index >= 15 is 0 Å². The fourth-order valence-corrected chi connectivity index (χ4v) is 2.26. The summed E-state index contributed by atoms with van der Waals surface area (Å²) in [6.07, 6.45) is 3.45. The molecule has 0 fully saturated rings. The van der Waals surface area contributed by atoms with Crippen LogP contribution in [0.4, 0.5) is 4.39 Å². The van der Waals surface area contributed by atoms with Gasteiger partial charge in [0.25, 0.3) is 5.95 Å². The summed E-state index contributed by atoms with van der Waals surface area (Å²) in [6, 6.07) is 3.20. The van der Waals surface area contributed by atoms with E-state index in [1.807, 2.05) is 5.38 Å². The van der Waals surface area contributed by atoms with Gasteiger partial charge in [-0.2, -0.15) is 4.39 Å². The zero-order valence-corrected chi connectivity index (χ0v) is 10.3. The minimum Gasteiger partial charge on any atom is -0.482 e. The first-order valence-corrected chi connectivity index (χ1v) is 6.34. The van der Waals surface area contributed by atoms with E-state index < -0.39 is 5.95 Å². The first-order valence-electron chi connectivity index (χ1n) is 5.46. The molecule has 0 aliphatic heterocycles. The summed E-state index contributed by atoms with van der Waals surface area (Å²) in [7, 11) is 0. The van der Waals surface area contributed by atoms with Crippen molar-refractivity contribution in [1.29, 1.82) is 0 Å². The van der Waals surface area contributed by atoms with Crippen molar-refractivity contribution >= 4 is 11.3 Å². The molecule has 2 aromatic heterocycles. The van der Waals surface area contributed by atoms with Gasteiger partial charge in [-0.15, -0.1) is 11.3 Å². The van der Waals surface area contributed by atoms with E-state index in [9.17, 15) is 4.39 Å². The van der Waals surface area contributed by atoms with Crippen LogP contribution in [0.1, 0.15) is 24.0 Å². The third-order valence-electron chi connectivity index (χ3n) is 2.16. The van der Waals surface area contributed by atoms with Crippen LogP contribution in [0.5, 0.6) is 5.75 Å². The number of pyridine rings is 1. The van der Waals surface area contributed by atoms with E-state index in [0.717, 1.165) is 23.5 Å². The van der Waals surface area contributed by atoms with Gasteiger partial charge in [0, 0.05) is 11.6 Å². The summed E-state index contributed by atoms with van der Waals surface area (Å²) in [5, 5.41) is 3.04. The van der Waals surface area contributed by atoms with Crippen LogP contribution in [0.15, 0.2) is 23.7 Å². The first-order chi connectivity index (χ1) is 8.29. The maximum absolute atomic E-state index is 13.2. The molecule has 17 heavy (non-hydrogen) atoms. The van der Waals surface area contributed by atoms with Gasteiger partial charge >= 0.3 is 0 Å². The average Bonchev–Trinajstić information content (AvgIpc) is 2.76. The molecule has 0 saturated carbocycles. The highest BCUT2D eigenvalue weighted by Gasteiger charge is 2.05. The number of ether oxygens (including phenoxy) is 1. The zero-order valence-electron chi connectivity index (χ0n) is 9.52. The molecule has 0 aromatic carbocycles. The first kappa shape index (κ1) is 12.0. The quantitative estimate of drug-likeness (QED) is 0.766. The summed E-state index contributed by atoms with van der Waals surface area (Å²) >= 11 is 1.61. The van der Waals surface area contributed by atoms with E-state index in [0.29, 0.717) is 0 Å². The van der Waals surface area contributed by atoms with Gasteiger partial charge in [0.05, 0.1) is 10.7 Å². The number of aromatic nitrogens is 2. The minimum absolute atomic E-state index is 0.164. The Morgan fingerprint density at radius 3 is 3.12 bits per heavy atom. The van der Waals surface area contributed by atoms with E-state index in [1.54, 1.807) is 23.5 Å². The van der Waals surface area contributed by atoms with Gasteiger partial charge in [-0.25, -0.2) is 9.97 Å². The zero-order chi connectivity index (χ0) is 12.1. The van der Waals surface area contributed by atoms with Crippen LogP contribution in [-0.2, 0) is 13.0 Å². The predicted octanol–water partition coefficient (Wildman–Crippen LogP) is 3.21. The summed E-state index contributed by atoms with van der Waals surface area (Å²) in [4.78, 5) is 7.91. The highest BCUT2D eigenvalue weighted by atomic mass is 32.1. The smallest absolute Gasteiger partial charge is 0.255 e. The highest BCUT2D eigenvalue weighted by molar-refractivity contribution is 7.09. The molecule has 0 aliphatic rings. The largest absolute Gasteiger partial charge is 0.482 e. The molecule has 0 bridgehead atoms. The van der Waals surface area contributed by atoms with Crippen LogP contribution in [0.25, 0.3) is 0 Å². The fraction of sp³-hybridized carbons (Fsp3) is 0.333. The minimum atomic E-state index is -0.587. The van der Waals surface area contributed by atoms with Gasteiger partial charge in [0.15, 0.2) is 5.75 Å². The molecule has 0 radical (unpaired) electrons. The molecule has 3 nitrogen and oxygen atoms in total. The maximum Gasteiger partial charge on any atom is 0.255 e. The van der Waals surface area contributed by atoms with Crippen LogP contribution in [-0.4, -0.2) is 9.97 Å². The Labute approximate surface area is 103 Å². The second kappa shape index (κ2) is 5.72. The van der Waals surface area contributed by atoms with Gasteiger partial charge in [-0.05, 0) is 25.0 Å². The van der Waals surface area contributed by atoms with E-state index in [-0.39, 0.29) is 12.4 Å². The van der Waals surface area contributed by atoms with Gasteiger partial charge in [0.2, 0.25) is 0 Å². The lowest BCUT2D eigenvalue weighted by molar-refractivity contribution is 0.282. The Balaban J connectivity index is 1.95. The Bertz CT molecular complexity index is 487. The lowest BCUT2D eigenvalue weighted by Crippen LogP contribution is -1.99. The van der Waals surface area contributed by atoms with Crippen LogP contribution in [0.2, 0.25) is 0 Å². The predicted molar refractivity (Wildman–Crippen MR) is 64.6 cm³/mol. The summed E-state index contributed by atoms with van der Waals surface area (Å²) in [5.41, 5.74) is 0.835. The Kier molecular flexibility index (Phi) is 4.03. The molecule has 2 rings (SSSR count). The van der Waals surface area contributed by atoms with E-state index in [4.69, 9.17) is 4.74 Å². The molecular formula is C12H13FN2OS. The number of nitrogens with zero attached hydrogens (tertiary/aromatic N) is 2. The van der Waals surface area contributed by atoms with Gasteiger partial charge in [-0.1, -0.05) is 6.92 Å². The number of hydrogen-bond donors (Lipinski definition) is 0. The van der Waals surface area contributed by atoms with Gasteiger partial charge in [0.1, 0.15) is 6.61 Å². The van der Waals surface area contributed by atoms with Crippen molar-refractivity contribution in [2.24, 2.45) is 0 Å². The molecule has 5 heteroatoms. The molecule has 0 N–H and O–H groups in total. The standard InChI is InChI=1S/C12H13FN2OS/c1-2-4-11-15-9(8-17-11)7-16-10-5-3-6-14-12(10)13/h3,5-6,8H,2,4,7H2,1H3. The molecule has 2 heterocycles. The number of rotatable bonds is 5. The summed E-state index contributed by atoms with van der Waals surface area (Å²) in [5.74, 6) is -0.422. The topological polar surface area (TPSA) is 35.0 Å². The van der Waals surface area contributed by atoms with Crippen LogP contribution < -0.4 is 4.74 Å². The lowest BCUT2D eigenvalue weighted by Gasteiger charge is -2.03. The van der Waals surface area contributed by atoms with Crippen LogP contribution in [0, 0.1) is 5.95 Å². The molecule has 0 saturated heterocycles. The number of thiazole rings is 1. The van der Waals surface area contributed by atoms with Crippen molar-refractivity contribution in [2.75, 3.05) is 0 Å². The third kappa shape index (κ3) is 3.23. The normalized spacial score (nSPS) is 10.5. The second-order valence-corrected chi connectivity index (χ2v) is 4.51. The Hall–Kier alpha value is -1.49. The van der Waals surface area contributed by atoms with Crippen molar-refractivity contribution in [2.45, 2.75) is 26.4 Å². The SMILES string of the molecule is CCCc1nc(COc2cccnc2F)cs1. The van der Waals surface area contributed by atoms with Crippen molar-refractivity contribution in [3.63, 3.8) is 0 Å². The fourth-order valence-electron chi connectivity index (χ4n) is 1.37. The molecule has 0 aliphatic carbocycles. The molecule has 0 amide bonds. The highest BCUT2D eigenvalue weighted by Crippen LogP contribution is 2.17. The number of aryl methyl sites for hydroxylation is 1.